The SMILES string of the molecule is CC(C)(CCO)CNC1CC(c2ccccc2F)C1. The summed E-state index contributed by atoms with van der Waals surface area (Å²) in [5.74, 6) is 0.284. The third-order valence-electron chi connectivity index (χ3n) is 4.14. The molecular weight excluding hydrogens is 241 g/mol. The highest BCUT2D eigenvalue weighted by molar-refractivity contribution is 5.24. The fourth-order valence-electron chi connectivity index (χ4n) is 2.66. The second kappa shape index (κ2) is 6.02. The summed E-state index contributed by atoms with van der Waals surface area (Å²) < 4.78 is 13.6. The van der Waals surface area contributed by atoms with Crippen molar-refractivity contribution >= 4 is 0 Å². The minimum Gasteiger partial charge on any atom is -0.396 e. The lowest BCUT2D eigenvalue weighted by Gasteiger charge is -2.38. The zero-order chi connectivity index (χ0) is 13.9. The summed E-state index contributed by atoms with van der Waals surface area (Å²) in [6.07, 6.45) is 2.83. The maximum absolute atomic E-state index is 13.6. The molecule has 0 spiro atoms. The van der Waals surface area contributed by atoms with Crippen molar-refractivity contribution in [2.75, 3.05) is 13.2 Å². The van der Waals surface area contributed by atoms with E-state index in [1.807, 2.05) is 12.1 Å². The second-order valence-corrected chi connectivity index (χ2v) is 6.41. The summed E-state index contributed by atoms with van der Waals surface area (Å²) in [6, 6.07) is 7.57. The highest BCUT2D eigenvalue weighted by Gasteiger charge is 2.32. The largest absolute Gasteiger partial charge is 0.396 e. The predicted molar refractivity (Wildman–Crippen MR) is 75.6 cm³/mol. The van der Waals surface area contributed by atoms with Gasteiger partial charge in [0.1, 0.15) is 5.82 Å². The Morgan fingerprint density at radius 2 is 2.00 bits per heavy atom. The smallest absolute Gasteiger partial charge is 0.126 e. The molecule has 0 unspecified atom stereocenters. The molecule has 0 radical (unpaired) electrons. The van der Waals surface area contributed by atoms with Crippen molar-refractivity contribution in [1.29, 1.82) is 0 Å². The molecule has 0 aliphatic heterocycles. The summed E-state index contributed by atoms with van der Waals surface area (Å²) in [7, 11) is 0. The fourth-order valence-corrected chi connectivity index (χ4v) is 2.66. The molecule has 1 saturated carbocycles. The third-order valence-corrected chi connectivity index (χ3v) is 4.14. The predicted octanol–water partition coefficient (Wildman–Crippen LogP) is 3.07. The molecule has 0 aromatic heterocycles. The first kappa shape index (κ1) is 14.5. The number of aliphatic hydroxyl groups is 1. The van der Waals surface area contributed by atoms with Gasteiger partial charge in [-0.15, -0.1) is 0 Å². The minimum absolute atomic E-state index is 0.0773. The molecular formula is C16H24FNO. The molecule has 1 aliphatic rings. The monoisotopic (exact) mass is 265 g/mol. The van der Waals surface area contributed by atoms with Crippen LogP contribution in [0.4, 0.5) is 4.39 Å². The zero-order valence-corrected chi connectivity index (χ0v) is 11.8. The van der Waals surface area contributed by atoms with E-state index in [1.165, 1.54) is 0 Å². The third kappa shape index (κ3) is 3.77. The topological polar surface area (TPSA) is 32.3 Å². The summed E-state index contributed by atoms with van der Waals surface area (Å²) in [5, 5.41) is 12.5. The van der Waals surface area contributed by atoms with Crippen molar-refractivity contribution in [2.24, 2.45) is 5.41 Å². The molecule has 106 valence electrons. The lowest BCUT2D eigenvalue weighted by Crippen LogP contribution is -2.44. The number of nitrogens with one attached hydrogen (secondary N) is 1. The Bertz CT molecular complexity index is 413. The Balaban J connectivity index is 1.77. The van der Waals surface area contributed by atoms with Crippen LogP contribution in [0.3, 0.4) is 0 Å². The van der Waals surface area contributed by atoms with Gasteiger partial charge in [-0.3, -0.25) is 0 Å². The first-order valence-electron chi connectivity index (χ1n) is 7.10. The van der Waals surface area contributed by atoms with E-state index in [-0.39, 0.29) is 17.8 Å². The van der Waals surface area contributed by atoms with Crippen LogP contribution < -0.4 is 5.32 Å². The van der Waals surface area contributed by atoms with Crippen LogP contribution >= 0.6 is 0 Å². The molecule has 1 fully saturated rings. The molecule has 2 nitrogen and oxygen atoms in total. The Hall–Kier alpha value is -0.930. The van der Waals surface area contributed by atoms with Gasteiger partial charge in [0.2, 0.25) is 0 Å². The molecule has 0 heterocycles. The number of benzene rings is 1. The maximum Gasteiger partial charge on any atom is 0.126 e. The van der Waals surface area contributed by atoms with Crippen LogP contribution in [-0.4, -0.2) is 24.3 Å². The zero-order valence-electron chi connectivity index (χ0n) is 11.8. The van der Waals surface area contributed by atoms with E-state index in [0.717, 1.165) is 31.4 Å². The van der Waals surface area contributed by atoms with Crippen molar-refractivity contribution in [3.63, 3.8) is 0 Å². The van der Waals surface area contributed by atoms with Gasteiger partial charge in [0.05, 0.1) is 0 Å². The average Bonchev–Trinajstić information content (AvgIpc) is 2.29. The first-order chi connectivity index (χ1) is 9.02. The molecule has 0 saturated heterocycles. The molecule has 1 aliphatic carbocycles. The maximum atomic E-state index is 13.6. The van der Waals surface area contributed by atoms with Gasteiger partial charge in [-0.1, -0.05) is 32.0 Å². The minimum atomic E-state index is -0.0773. The molecule has 2 rings (SSSR count). The number of aliphatic hydroxyl groups excluding tert-OH is 1. The second-order valence-electron chi connectivity index (χ2n) is 6.41. The number of hydrogen-bond donors (Lipinski definition) is 2. The lowest BCUT2D eigenvalue weighted by atomic mass is 9.75. The van der Waals surface area contributed by atoms with Gasteiger partial charge in [0.15, 0.2) is 0 Å². The van der Waals surface area contributed by atoms with Gasteiger partial charge in [-0.25, -0.2) is 4.39 Å². The number of halogens is 1. The van der Waals surface area contributed by atoms with Crippen molar-refractivity contribution in [2.45, 2.75) is 45.1 Å². The van der Waals surface area contributed by atoms with Crippen molar-refractivity contribution in [3.8, 4) is 0 Å². The van der Waals surface area contributed by atoms with Gasteiger partial charge in [-0.05, 0) is 42.2 Å². The Kier molecular flexibility index (Phi) is 4.58. The molecule has 0 amide bonds. The molecule has 2 N–H and O–H groups in total. The van der Waals surface area contributed by atoms with E-state index in [1.54, 1.807) is 12.1 Å². The van der Waals surface area contributed by atoms with Gasteiger partial charge in [-0.2, -0.15) is 0 Å². The fraction of sp³-hybridized carbons (Fsp3) is 0.625. The van der Waals surface area contributed by atoms with Crippen LogP contribution in [0.1, 0.15) is 44.6 Å². The first-order valence-corrected chi connectivity index (χ1v) is 7.10. The Morgan fingerprint density at radius 1 is 1.32 bits per heavy atom. The van der Waals surface area contributed by atoms with Crippen LogP contribution in [0.15, 0.2) is 24.3 Å². The van der Waals surface area contributed by atoms with E-state index in [0.29, 0.717) is 12.0 Å². The van der Waals surface area contributed by atoms with Crippen LogP contribution in [0, 0.1) is 11.2 Å². The van der Waals surface area contributed by atoms with Crippen molar-refractivity contribution in [3.05, 3.63) is 35.6 Å². The highest BCUT2D eigenvalue weighted by Crippen LogP contribution is 2.38. The highest BCUT2D eigenvalue weighted by atomic mass is 19.1. The quantitative estimate of drug-likeness (QED) is 0.828. The molecule has 19 heavy (non-hydrogen) atoms. The molecule has 1 aromatic carbocycles. The van der Waals surface area contributed by atoms with Gasteiger partial charge in [0.25, 0.3) is 0 Å². The standard InChI is InChI=1S/C16H24FNO/c1-16(2,7-8-19)11-18-13-9-12(10-13)14-5-3-4-6-15(14)17/h3-6,12-13,18-19H,7-11H2,1-2H3. The number of rotatable bonds is 6. The molecule has 0 atom stereocenters. The molecule has 1 aromatic rings. The van der Waals surface area contributed by atoms with Crippen molar-refractivity contribution in [1.82, 2.24) is 5.32 Å². The summed E-state index contributed by atoms with van der Waals surface area (Å²) in [5.41, 5.74) is 0.979. The van der Waals surface area contributed by atoms with E-state index in [2.05, 4.69) is 19.2 Å². The van der Waals surface area contributed by atoms with Crippen LogP contribution in [-0.2, 0) is 0 Å². The van der Waals surface area contributed by atoms with E-state index in [9.17, 15) is 4.39 Å². The van der Waals surface area contributed by atoms with Gasteiger partial charge in [0, 0.05) is 19.2 Å². The van der Waals surface area contributed by atoms with Crippen LogP contribution in [0.25, 0.3) is 0 Å². The van der Waals surface area contributed by atoms with E-state index in [4.69, 9.17) is 5.11 Å². The normalized spacial score (nSPS) is 23.2. The van der Waals surface area contributed by atoms with Crippen molar-refractivity contribution < 1.29 is 9.50 Å². The van der Waals surface area contributed by atoms with Gasteiger partial charge < -0.3 is 10.4 Å². The number of hydrogen-bond acceptors (Lipinski definition) is 2. The van der Waals surface area contributed by atoms with Gasteiger partial charge >= 0.3 is 0 Å². The average molecular weight is 265 g/mol. The van der Waals surface area contributed by atoms with E-state index < -0.39 is 0 Å². The lowest BCUT2D eigenvalue weighted by molar-refractivity contribution is 0.186. The summed E-state index contributed by atoms with van der Waals surface area (Å²) in [4.78, 5) is 0. The van der Waals surface area contributed by atoms with E-state index >= 15 is 0 Å². The summed E-state index contributed by atoms with van der Waals surface area (Å²) >= 11 is 0. The van der Waals surface area contributed by atoms with Crippen LogP contribution in [0.5, 0.6) is 0 Å². The Morgan fingerprint density at radius 3 is 2.63 bits per heavy atom. The summed E-state index contributed by atoms with van der Waals surface area (Å²) in [6.45, 7) is 5.45. The molecule has 3 heteroatoms. The van der Waals surface area contributed by atoms with Crippen LogP contribution in [0.2, 0.25) is 0 Å². The molecule has 0 bridgehead atoms. The Labute approximate surface area is 115 Å².